The van der Waals surface area contributed by atoms with Gasteiger partial charge in [0, 0.05) is 31.6 Å². The standard InChI is InChI=1S/C12H21FN2O2/c1-11(2,3)17-10(16)15-5-4-9(13)12(8-15)6-14-7-12/h9,14H,4-8H2,1-3H3. The first-order chi connectivity index (χ1) is 7.82. The fourth-order valence-corrected chi connectivity index (χ4v) is 2.40. The van der Waals surface area contributed by atoms with Crippen molar-refractivity contribution in [2.75, 3.05) is 26.2 Å². The van der Waals surface area contributed by atoms with Crippen molar-refractivity contribution in [1.29, 1.82) is 0 Å². The Morgan fingerprint density at radius 2 is 2.12 bits per heavy atom. The minimum atomic E-state index is -0.803. The lowest BCUT2D eigenvalue weighted by molar-refractivity contribution is -0.0448. The highest BCUT2D eigenvalue weighted by Gasteiger charge is 2.49. The fourth-order valence-electron chi connectivity index (χ4n) is 2.40. The predicted octanol–water partition coefficient (Wildman–Crippen LogP) is 1.55. The minimum Gasteiger partial charge on any atom is -0.444 e. The van der Waals surface area contributed by atoms with Crippen LogP contribution in [0.5, 0.6) is 0 Å². The molecule has 0 aliphatic carbocycles. The molecule has 0 aromatic heterocycles. The molecule has 1 N–H and O–H groups in total. The van der Waals surface area contributed by atoms with Crippen molar-refractivity contribution in [2.45, 2.75) is 39.0 Å². The van der Waals surface area contributed by atoms with Gasteiger partial charge in [0.2, 0.25) is 0 Å². The molecule has 2 fully saturated rings. The van der Waals surface area contributed by atoms with Gasteiger partial charge in [-0.3, -0.25) is 0 Å². The first-order valence-corrected chi connectivity index (χ1v) is 6.15. The highest BCUT2D eigenvalue weighted by molar-refractivity contribution is 5.68. The Balaban J connectivity index is 1.97. The molecule has 0 bridgehead atoms. The first kappa shape index (κ1) is 12.6. The van der Waals surface area contributed by atoms with Crippen molar-refractivity contribution >= 4 is 6.09 Å². The Bertz CT molecular complexity index is 310. The number of amides is 1. The number of hydrogen-bond donors (Lipinski definition) is 1. The average Bonchev–Trinajstić information content (AvgIpc) is 2.13. The summed E-state index contributed by atoms with van der Waals surface area (Å²) in [7, 11) is 0. The maximum Gasteiger partial charge on any atom is 0.410 e. The number of halogens is 1. The molecule has 2 saturated heterocycles. The lowest BCUT2D eigenvalue weighted by Crippen LogP contribution is -2.67. The van der Waals surface area contributed by atoms with Crippen LogP contribution >= 0.6 is 0 Å². The number of rotatable bonds is 0. The second-order valence-corrected chi connectivity index (χ2v) is 6.12. The number of carbonyl (C=O) groups excluding carboxylic acids is 1. The van der Waals surface area contributed by atoms with Gasteiger partial charge in [-0.15, -0.1) is 0 Å². The Kier molecular flexibility index (Phi) is 3.06. The summed E-state index contributed by atoms with van der Waals surface area (Å²) in [4.78, 5) is 13.6. The molecule has 1 amide bonds. The van der Waals surface area contributed by atoms with Crippen LogP contribution in [0.25, 0.3) is 0 Å². The Morgan fingerprint density at radius 1 is 1.47 bits per heavy atom. The van der Waals surface area contributed by atoms with E-state index < -0.39 is 11.8 Å². The summed E-state index contributed by atoms with van der Waals surface area (Å²) in [5.41, 5.74) is -0.857. The third-order valence-corrected chi connectivity index (χ3v) is 3.43. The van der Waals surface area contributed by atoms with E-state index in [2.05, 4.69) is 5.32 Å². The summed E-state index contributed by atoms with van der Waals surface area (Å²) in [6, 6.07) is 0. The predicted molar refractivity (Wildman–Crippen MR) is 62.6 cm³/mol. The second-order valence-electron chi connectivity index (χ2n) is 6.12. The summed E-state index contributed by atoms with van der Waals surface area (Å²) < 4.78 is 19.2. The number of hydrogen-bond acceptors (Lipinski definition) is 3. The minimum absolute atomic E-state index is 0.323. The summed E-state index contributed by atoms with van der Waals surface area (Å²) in [5.74, 6) is 0. The van der Waals surface area contributed by atoms with E-state index in [0.29, 0.717) is 32.6 Å². The normalized spacial score (nSPS) is 27.8. The van der Waals surface area contributed by atoms with Crippen molar-refractivity contribution < 1.29 is 13.9 Å². The largest absolute Gasteiger partial charge is 0.444 e. The second kappa shape index (κ2) is 4.12. The Hall–Kier alpha value is -0.840. The third kappa shape index (κ3) is 2.54. The van der Waals surface area contributed by atoms with Crippen LogP contribution < -0.4 is 5.32 Å². The smallest absolute Gasteiger partial charge is 0.410 e. The molecule has 0 radical (unpaired) electrons. The molecule has 0 aromatic rings. The van der Waals surface area contributed by atoms with Gasteiger partial charge in [0.05, 0.1) is 0 Å². The lowest BCUT2D eigenvalue weighted by atomic mass is 9.73. The molecule has 5 heteroatoms. The van der Waals surface area contributed by atoms with Crippen LogP contribution in [0, 0.1) is 5.41 Å². The maximum absolute atomic E-state index is 13.8. The van der Waals surface area contributed by atoms with Crippen LogP contribution in [0.2, 0.25) is 0 Å². The van der Waals surface area contributed by atoms with E-state index in [1.165, 1.54) is 0 Å². The van der Waals surface area contributed by atoms with Crippen LogP contribution in [0.1, 0.15) is 27.2 Å². The van der Waals surface area contributed by atoms with Gasteiger partial charge >= 0.3 is 6.09 Å². The summed E-state index contributed by atoms with van der Waals surface area (Å²) in [5, 5.41) is 3.09. The van der Waals surface area contributed by atoms with Gasteiger partial charge < -0.3 is 15.0 Å². The molecule has 2 heterocycles. The Morgan fingerprint density at radius 3 is 2.59 bits per heavy atom. The number of nitrogens with zero attached hydrogens (tertiary/aromatic N) is 1. The number of piperidine rings is 1. The molecule has 1 unspecified atom stereocenters. The van der Waals surface area contributed by atoms with Crippen molar-refractivity contribution in [3.63, 3.8) is 0 Å². The van der Waals surface area contributed by atoms with Crippen molar-refractivity contribution in [3.05, 3.63) is 0 Å². The van der Waals surface area contributed by atoms with Crippen LogP contribution in [0.4, 0.5) is 9.18 Å². The maximum atomic E-state index is 13.8. The summed E-state index contributed by atoms with van der Waals surface area (Å²) in [6.07, 6.45) is -0.709. The molecule has 0 aromatic carbocycles. The van der Waals surface area contributed by atoms with Crippen molar-refractivity contribution in [3.8, 4) is 0 Å². The van der Waals surface area contributed by atoms with E-state index in [1.54, 1.807) is 4.90 Å². The van der Waals surface area contributed by atoms with E-state index in [9.17, 15) is 9.18 Å². The summed E-state index contributed by atoms with van der Waals surface area (Å²) >= 11 is 0. The molecule has 0 saturated carbocycles. The monoisotopic (exact) mass is 244 g/mol. The van der Waals surface area contributed by atoms with Gasteiger partial charge in [-0.1, -0.05) is 0 Å². The van der Waals surface area contributed by atoms with E-state index >= 15 is 0 Å². The van der Waals surface area contributed by atoms with Gasteiger partial charge in [0.1, 0.15) is 11.8 Å². The highest BCUT2D eigenvalue weighted by Crippen LogP contribution is 2.36. The van der Waals surface area contributed by atoms with Gasteiger partial charge in [-0.2, -0.15) is 0 Å². The number of likely N-dealkylation sites (tertiary alicyclic amines) is 1. The van der Waals surface area contributed by atoms with E-state index in [4.69, 9.17) is 4.74 Å². The number of alkyl halides is 1. The summed E-state index contributed by atoms with van der Waals surface area (Å²) in [6.45, 7) is 7.77. The average molecular weight is 244 g/mol. The quantitative estimate of drug-likeness (QED) is 0.703. The molecule has 2 rings (SSSR count). The number of nitrogens with one attached hydrogen (secondary N) is 1. The first-order valence-electron chi connectivity index (χ1n) is 6.15. The van der Waals surface area contributed by atoms with Crippen LogP contribution in [0.15, 0.2) is 0 Å². The van der Waals surface area contributed by atoms with E-state index in [-0.39, 0.29) is 11.5 Å². The van der Waals surface area contributed by atoms with Crippen LogP contribution in [-0.4, -0.2) is 48.9 Å². The molecule has 98 valence electrons. The molecule has 1 atom stereocenters. The molecule has 1 spiro atoms. The molecule has 17 heavy (non-hydrogen) atoms. The van der Waals surface area contributed by atoms with Gasteiger partial charge in [-0.05, 0) is 27.2 Å². The van der Waals surface area contributed by atoms with Crippen LogP contribution in [-0.2, 0) is 4.74 Å². The molecular formula is C12H21FN2O2. The Labute approximate surface area is 101 Å². The zero-order valence-electron chi connectivity index (χ0n) is 10.8. The van der Waals surface area contributed by atoms with Gasteiger partial charge in [0.25, 0.3) is 0 Å². The zero-order valence-corrected chi connectivity index (χ0v) is 10.8. The van der Waals surface area contributed by atoms with Crippen LogP contribution in [0.3, 0.4) is 0 Å². The topological polar surface area (TPSA) is 41.6 Å². The number of carbonyl (C=O) groups is 1. The van der Waals surface area contributed by atoms with E-state index in [1.807, 2.05) is 20.8 Å². The molecule has 2 aliphatic rings. The van der Waals surface area contributed by atoms with Gasteiger partial charge in [0.15, 0.2) is 0 Å². The van der Waals surface area contributed by atoms with Gasteiger partial charge in [-0.25, -0.2) is 9.18 Å². The van der Waals surface area contributed by atoms with E-state index in [0.717, 1.165) is 0 Å². The zero-order chi connectivity index (χ0) is 12.7. The molecule has 2 aliphatic heterocycles. The number of ether oxygens (including phenoxy) is 1. The highest BCUT2D eigenvalue weighted by atomic mass is 19.1. The third-order valence-electron chi connectivity index (χ3n) is 3.43. The lowest BCUT2D eigenvalue weighted by Gasteiger charge is -2.50. The molecular weight excluding hydrogens is 223 g/mol. The fraction of sp³-hybridized carbons (Fsp3) is 0.917. The van der Waals surface area contributed by atoms with Crippen molar-refractivity contribution in [2.24, 2.45) is 5.41 Å². The SMILES string of the molecule is CC(C)(C)OC(=O)N1CCC(F)C2(CNC2)C1. The van der Waals surface area contributed by atoms with Crippen molar-refractivity contribution in [1.82, 2.24) is 10.2 Å². The molecule has 4 nitrogen and oxygen atoms in total.